The van der Waals surface area contributed by atoms with Gasteiger partial charge in [-0.25, -0.2) is 0 Å². The number of carbonyl (C=O) groups is 1. The molecule has 2 aromatic rings. The van der Waals surface area contributed by atoms with Crippen molar-refractivity contribution in [2.24, 2.45) is 0 Å². The lowest BCUT2D eigenvalue weighted by Gasteiger charge is -2.34. The van der Waals surface area contributed by atoms with Crippen molar-refractivity contribution in [3.8, 4) is 0 Å². The molecule has 2 fully saturated rings. The summed E-state index contributed by atoms with van der Waals surface area (Å²) in [4.78, 5) is 16.3. The van der Waals surface area contributed by atoms with Crippen LogP contribution in [-0.2, 0) is 0 Å². The first-order valence-electron chi connectivity index (χ1n) is 7.68. The molecule has 0 spiro atoms. The average Bonchev–Trinajstić information content (AvgIpc) is 3.29. The highest BCUT2D eigenvalue weighted by atomic mass is 16.2. The molecule has 2 aromatic heterocycles. The zero-order valence-electron chi connectivity index (χ0n) is 12.3. The summed E-state index contributed by atoms with van der Waals surface area (Å²) in [5.41, 5.74) is 1.65. The minimum Gasteiger partial charge on any atom is -0.352 e. The number of piperazine rings is 1. The lowest BCUT2D eigenvalue weighted by molar-refractivity contribution is 0.0740. The molecule has 7 heteroatoms. The highest BCUT2D eigenvalue weighted by Crippen LogP contribution is 2.38. The summed E-state index contributed by atoms with van der Waals surface area (Å²) < 4.78 is 0. The van der Waals surface area contributed by atoms with Crippen molar-refractivity contribution >= 4 is 11.7 Å². The molecule has 1 amide bonds. The molecule has 0 bridgehead atoms. The summed E-state index contributed by atoms with van der Waals surface area (Å²) in [6.07, 6.45) is 4.07. The van der Waals surface area contributed by atoms with Gasteiger partial charge in [0.25, 0.3) is 5.91 Å². The Labute approximate surface area is 128 Å². The molecule has 1 aliphatic carbocycles. The number of carbonyl (C=O) groups excluding carboxylic acids is 1. The van der Waals surface area contributed by atoms with Gasteiger partial charge in [-0.2, -0.15) is 10.2 Å². The topological polar surface area (TPSA) is 78.0 Å². The van der Waals surface area contributed by atoms with Gasteiger partial charge in [-0.3, -0.25) is 9.89 Å². The van der Waals surface area contributed by atoms with E-state index in [1.54, 1.807) is 12.3 Å². The van der Waals surface area contributed by atoms with Gasteiger partial charge in [-0.1, -0.05) is 0 Å². The van der Waals surface area contributed by atoms with E-state index in [4.69, 9.17) is 0 Å². The highest BCUT2D eigenvalue weighted by Gasteiger charge is 2.26. The maximum atomic E-state index is 12.2. The predicted molar refractivity (Wildman–Crippen MR) is 80.7 cm³/mol. The van der Waals surface area contributed by atoms with E-state index in [0.29, 0.717) is 24.7 Å². The van der Waals surface area contributed by atoms with Crippen molar-refractivity contribution in [3.05, 3.63) is 35.8 Å². The van der Waals surface area contributed by atoms with Crippen molar-refractivity contribution in [2.45, 2.75) is 18.8 Å². The van der Waals surface area contributed by atoms with E-state index in [9.17, 15) is 4.79 Å². The number of nitrogens with zero attached hydrogens (tertiary/aromatic N) is 5. The largest absolute Gasteiger partial charge is 0.352 e. The van der Waals surface area contributed by atoms with Gasteiger partial charge in [0, 0.05) is 38.3 Å². The number of nitrogens with one attached hydrogen (secondary N) is 1. The van der Waals surface area contributed by atoms with E-state index < -0.39 is 0 Å². The van der Waals surface area contributed by atoms with Crippen molar-refractivity contribution in [3.63, 3.8) is 0 Å². The second kappa shape index (κ2) is 5.40. The van der Waals surface area contributed by atoms with Crippen molar-refractivity contribution in [2.75, 3.05) is 31.1 Å². The van der Waals surface area contributed by atoms with Gasteiger partial charge in [0.15, 0.2) is 5.82 Å². The minimum atomic E-state index is 0.00677. The molecule has 3 heterocycles. The van der Waals surface area contributed by atoms with E-state index in [2.05, 4.69) is 31.4 Å². The van der Waals surface area contributed by atoms with Crippen LogP contribution < -0.4 is 4.90 Å². The SMILES string of the molecule is O=C(c1ccn[nH]1)N1CCN(c2ccc(C3CC3)nn2)CC1. The molecule has 2 aliphatic rings. The van der Waals surface area contributed by atoms with Gasteiger partial charge in [-0.05, 0) is 31.0 Å². The smallest absolute Gasteiger partial charge is 0.271 e. The van der Waals surface area contributed by atoms with E-state index in [-0.39, 0.29) is 5.91 Å². The highest BCUT2D eigenvalue weighted by molar-refractivity contribution is 5.92. The summed E-state index contributed by atoms with van der Waals surface area (Å²) in [6, 6.07) is 5.84. The van der Waals surface area contributed by atoms with Crippen LogP contribution in [0, 0.1) is 0 Å². The molecule has 4 rings (SSSR count). The van der Waals surface area contributed by atoms with Crippen LogP contribution in [0.3, 0.4) is 0 Å². The van der Waals surface area contributed by atoms with Crippen molar-refractivity contribution in [1.29, 1.82) is 0 Å². The van der Waals surface area contributed by atoms with Crippen molar-refractivity contribution < 1.29 is 4.79 Å². The van der Waals surface area contributed by atoms with Gasteiger partial charge in [0.1, 0.15) is 5.69 Å². The Morgan fingerprint density at radius 1 is 1.09 bits per heavy atom. The van der Waals surface area contributed by atoms with Gasteiger partial charge in [-0.15, -0.1) is 5.10 Å². The lowest BCUT2D eigenvalue weighted by atomic mass is 10.2. The van der Waals surface area contributed by atoms with E-state index >= 15 is 0 Å². The molecule has 22 heavy (non-hydrogen) atoms. The van der Waals surface area contributed by atoms with Crippen LogP contribution in [0.1, 0.15) is 34.9 Å². The first kappa shape index (κ1) is 13.2. The summed E-state index contributed by atoms with van der Waals surface area (Å²) in [7, 11) is 0. The van der Waals surface area contributed by atoms with Crippen LogP contribution in [0.2, 0.25) is 0 Å². The number of aromatic amines is 1. The molecule has 0 radical (unpaired) electrons. The Morgan fingerprint density at radius 2 is 1.91 bits per heavy atom. The summed E-state index contributed by atoms with van der Waals surface area (Å²) >= 11 is 0. The summed E-state index contributed by atoms with van der Waals surface area (Å²) in [5.74, 6) is 1.54. The minimum absolute atomic E-state index is 0.00677. The van der Waals surface area contributed by atoms with Crippen molar-refractivity contribution in [1.82, 2.24) is 25.3 Å². The van der Waals surface area contributed by atoms with Crippen LogP contribution >= 0.6 is 0 Å². The molecule has 114 valence electrons. The quantitative estimate of drug-likeness (QED) is 0.916. The van der Waals surface area contributed by atoms with Crippen LogP contribution in [0.15, 0.2) is 24.4 Å². The second-order valence-electron chi connectivity index (χ2n) is 5.84. The maximum absolute atomic E-state index is 12.2. The number of H-pyrrole nitrogens is 1. The molecular weight excluding hydrogens is 280 g/mol. The number of aromatic nitrogens is 4. The molecule has 0 unspecified atom stereocenters. The fourth-order valence-corrected chi connectivity index (χ4v) is 2.79. The first-order valence-corrected chi connectivity index (χ1v) is 7.68. The third-order valence-electron chi connectivity index (χ3n) is 4.29. The predicted octanol–water partition coefficient (Wildman–Crippen LogP) is 1.04. The van der Waals surface area contributed by atoms with Gasteiger partial charge in [0.2, 0.25) is 0 Å². The molecule has 1 N–H and O–H groups in total. The summed E-state index contributed by atoms with van der Waals surface area (Å²) in [5, 5.41) is 15.2. The number of hydrogen-bond donors (Lipinski definition) is 1. The van der Waals surface area contributed by atoms with Crippen LogP contribution in [-0.4, -0.2) is 57.4 Å². The molecular formula is C15H18N6O. The first-order chi connectivity index (χ1) is 10.8. The maximum Gasteiger partial charge on any atom is 0.271 e. The zero-order chi connectivity index (χ0) is 14.9. The van der Waals surface area contributed by atoms with E-state index in [0.717, 1.165) is 24.6 Å². The van der Waals surface area contributed by atoms with Gasteiger partial charge < -0.3 is 9.80 Å². The molecule has 1 saturated carbocycles. The Bertz CT molecular complexity index is 641. The van der Waals surface area contributed by atoms with E-state index in [1.807, 2.05) is 11.0 Å². The Hall–Kier alpha value is -2.44. The number of anilines is 1. The molecule has 7 nitrogen and oxygen atoms in total. The zero-order valence-corrected chi connectivity index (χ0v) is 12.3. The van der Waals surface area contributed by atoms with Gasteiger partial charge in [0.05, 0.1) is 5.69 Å². The fourth-order valence-electron chi connectivity index (χ4n) is 2.79. The van der Waals surface area contributed by atoms with Gasteiger partial charge >= 0.3 is 0 Å². The number of amides is 1. The Balaban J connectivity index is 1.38. The third-order valence-corrected chi connectivity index (χ3v) is 4.29. The Kier molecular flexibility index (Phi) is 3.25. The molecule has 0 atom stereocenters. The fraction of sp³-hybridized carbons (Fsp3) is 0.467. The van der Waals surface area contributed by atoms with E-state index in [1.165, 1.54) is 12.8 Å². The molecule has 1 aliphatic heterocycles. The third kappa shape index (κ3) is 2.54. The lowest BCUT2D eigenvalue weighted by Crippen LogP contribution is -2.49. The average molecular weight is 298 g/mol. The van der Waals surface area contributed by atoms with Crippen LogP contribution in [0.25, 0.3) is 0 Å². The second-order valence-corrected chi connectivity index (χ2v) is 5.84. The number of rotatable bonds is 3. The molecule has 0 aromatic carbocycles. The number of hydrogen-bond acceptors (Lipinski definition) is 5. The molecule has 1 saturated heterocycles. The normalized spacial score (nSPS) is 18.5. The Morgan fingerprint density at radius 3 is 2.50 bits per heavy atom. The van der Waals surface area contributed by atoms with Crippen LogP contribution in [0.5, 0.6) is 0 Å². The monoisotopic (exact) mass is 298 g/mol. The van der Waals surface area contributed by atoms with Crippen LogP contribution in [0.4, 0.5) is 5.82 Å². The standard InChI is InChI=1S/C15H18N6O/c22-15(13-5-6-16-17-13)21-9-7-20(8-10-21)14-4-3-12(18-19-14)11-1-2-11/h3-6,11H,1-2,7-10H2,(H,16,17). The summed E-state index contributed by atoms with van der Waals surface area (Å²) in [6.45, 7) is 2.92.